The summed E-state index contributed by atoms with van der Waals surface area (Å²) in [6.45, 7) is 2.34. The maximum atomic E-state index is 12.5. The van der Waals surface area contributed by atoms with Crippen LogP contribution in [0.2, 0.25) is 0 Å². The van der Waals surface area contributed by atoms with E-state index in [4.69, 9.17) is 9.84 Å². The van der Waals surface area contributed by atoms with E-state index in [-0.39, 0.29) is 11.8 Å². The van der Waals surface area contributed by atoms with Crippen molar-refractivity contribution in [2.24, 2.45) is 13.0 Å². The highest BCUT2D eigenvalue weighted by molar-refractivity contribution is 5.96. The molecule has 39 heavy (non-hydrogen) atoms. The fourth-order valence-corrected chi connectivity index (χ4v) is 5.74. The Bertz CT molecular complexity index is 1550. The second-order valence-corrected chi connectivity index (χ2v) is 10.7. The van der Waals surface area contributed by atoms with Crippen LogP contribution in [0, 0.1) is 5.92 Å². The van der Waals surface area contributed by atoms with Crippen LogP contribution in [0.1, 0.15) is 37.4 Å². The van der Waals surface area contributed by atoms with Crippen LogP contribution in [0.3, 0.4) is 0 Å². The number of rotatable bonds is 6. The van der Waals surface area contributed by atoms with Crippen LogP contribution in [0.4, 0.5) is 22.9 Å². The molecule has 7 rings (SSSR count). The predicted octanol–water partition coefficient (Wildman–Crippen LogP) is 4.74. The molecule has 0 unspecified atom stereocenters. The average Bonchev–Trinajstić information content (AvgIpc) is 3.59. The highest BCUT2D eigenvalue weighted by atomic mass is 16.5. The molecule has 3 aliphatic rings. The maximum Gasteiger partial charge on any atom is 0.228 e. The number of fused-ring (bicyclic) bond motifs is 3. The minimum atomic E-state index is 0.0316. The molecule has 0 spiro atoms. The fraction of sp³-hybridized carbons (Fsp3) is 0.379. The Morgan fingerprint density at radius 2 is 1.85 bits per heavy atom. The van der Waals surface area contributed by atoms with Crippen LogP contribution >= 0.6 is 0 Å². The van der Waals surface area contributed by atoms with Crippen molar-refractivity contribution < 1.29 is 9.53 Å². The SMILES string of the molecule is CN1Cc2c(cnn2C2CCOCC2)-c2cccc(Nc3cc(NC(=O)C4CC4)ncc3-c3nccn3C)c21. The molecule has 10 nitrogen and oxygen atoms in total. The number of pyridine rings is 1. The van der Waals surface area contributed by atoms with Crippen molar-refractivity contribution in [3.8, 4) is 22.5 Å². The molecule has 5 heterocycles. The van der Waals surface area contributed by atoms with Crippen molar-refractivity contribution in [3.63, 3.8) is 0 Å². The van der Waals surface area contributed by atoms with Gasteiger partial charge in [-0.1, -0.05) is 12.1 Å². The van der Waals surface area contributed by atoms with E-state index < -0.39 is 0 Å². The van der Waals surface area contributed by atoms with Gasteiger partial charge in [0.1, 0.15) is 11.6 Å². The van der Waals surface area contributed by atoms with Gasteiger partial charge in [0.25, 0.3) is 0 Å². The molecule has 1 aromatic carbocycles. The van der Waals surface area contributed by atoms with E-state index in [9.17, 15) is 4.79 Å². The van der Waals surface area contributed by atoms with Gasteiger partial charge in [0.2, 0.25) is 5.91 Å². The summed E-state index contributed by atoms with van der Waals surface area (Å²) in [6.07, 6.45) is 11.3. The highest BCUT2D eigenvalue weighted by Gasteiger charge is 2.31. The first-order valence-electron chi connectivity index (χ1n) is 13.6. The lowest BCUT2D eigenvalue weighted by molar-refractivity contribution is -0.117. The normalized spacial score (nSPS) is 17.0. The van der Waals surface area contributed by atoms with E-state index in [1.807, 2.05) is 30.1 Å². The van der Waals surface area contributed by atoms with Crippen molar-refractivity contribution in [1.29, 1.82) is 0 Å². The maximum absolute atomic E-state index is 12.5. The van der Waals surface area contributed by atoms with Crippen LogP contribution < -0.4 is 15.5 Å². The number of para-hydroxylation sites is 1. The van der Waals surface area contributed by atoms with Gasteiger partial charge in [-0.3, -0.25) is 9.48 Å². The van der Waals surface area contributed by atoms with Crippen molar-refractivity contribution >= 4 is 28.8 Å². The smallest absolute Gasteiger partial charge is 0.228 e. The largest absolute Gasteiger partial charge is 0.381 e. The van der Waals surface area contributed by atoms with Gasteiger partial charge in [-0.25, -0.2) is 9.97 Å². The topological polar surface area (TPSA) is 102 Å². The molecule has 2 fully saturated rings. The Hall–Kier alpha value is -4.18. The number of ether oxygens (including phenoxy) is 1. The Morgan fingerprint density at radius 1 is 1.00 bits per heavy atom. The van der Waals surface area contributed by atoms with Crippen LogP contribution in [0.25, 0.3) is 22.5 Å². The fourth-order valence-electron chi connectivity index (χ4n) is 5.74. The number of hydrogen-bond donors (Lipinski definition) is 2. The molecule has 200 valence electrons. The first-order valence-corrected chi connectivity index (χ1v) is 13.6. The summed E-state index contributed by atoms with van der Waals surface area (Å²) < 4.78 is 9.77. The predicted molar refractivity (Wildman–Crippen MR) is 150 cm³/mol. The number of nitrogens with one attached hydrogen (secondary N) is 2. The number of benzene rings is 1. The number of anilines is 4. The molecule has 0 atom stereocenters. The standard InChI is InChI=1S/C29H32N8O2/c1-35-11-10-30-28(35)22-15-31-26(34-29(38)18-6-7-18)14-24(22)33-23-5-3-4-20-21-16-32-37(19-8-12-39-13-9-19)25(21)17-36(2)27(20)23/h3-5,10-11,14-16,18-19H,6-9,12-13,17H2,1-2H3,(H2,31,33,34,38). The molecule has 4 aromatic rings. The van der Waals surface area contributed by atoms with Crippen molar-refractivity contribution in [2.75, 3.05) is 35.8 Å². The van der Waals surface area contributed by atoms with Crippen LogP contribution in [-0.4, -0.2) is 50.5 Å². The number of imidazole rings is 1. The van der Waals surface area contributed by atoms with Gasteiger partial charge in [0.15, 0.2) is 0 Å². The lowest BCUT2D eigenvalue weighted by Crippen LogP contribution is -2.28. The van der Waals surface area contributed by atoms with E-state index in [0.29, 0.717) is 11.9 Å². The Balaban J connectivity index is 1.27. The van der Waals surface area contributed by atoms with E-state index in [1.54, 1.807) is 12.4 Å². The number of aromatic nitrogens is 5. The number of aryl methyl sites for hydroxylation is 1. The summed E-state index contributed by atoms with van der Waals surface area (Å²) >= 11 is 0. The first kappa shape index (κ1) is 23.9. The summed E-state index contributed by atoms with van der Waals surface area (Å²) in [5.41, 5.74) is 7.35. The minimum Gasteiger partial charge on any atom is -0.381 e. The van der Waals surface area contributed by atoms with Gasteiger partial charge >= 0.3 is 0 Å². The van der Waals surface area contributed by atoms with Gasteiger partial charge in [0, 0.05) is 69.0 Å². The Kier molecular flexibility index (Phi) is 5.84. The lowest BCUT2D eigenvalue weighted by atomic mass is 9.97. The van der Waals surface area contributed by atoms with Crippen molar-refractivity contribution in [1.82, 2.24) is 24.3 Å². The van der Waals surface area contributed by atoms with Gasteiger partial charge in [-0.15, -0.1) is 0 Å². The third-order valence-corrected chi connectivity index (χ3v) is 7.97. The Labute approximate surface area is 227 Å². The third-order valence-electron chi connectivity index (χ3n) is 7.97. The van der Waals surface area contributed by atoms with Gasteiger partial charge in [-0.2, -0.15) is 5.10 Å². The average molecular weight is 525 g/mol. The van der Waals surface area contributed by atoms with E-state index in [2.05, 4.69) is 55.4 Å². The zero-order valence-electron chi connectivity index (χ0n) is 22.2. The summed E-state index contributed by atoms with van der Waals surface area (Å²) in [6, 6.07) is 8.61. The van der Waals surface area contributed by atoms with Crippen LogP contribution in [-0.2, 0) is 23.1 Å². The van der Waals surface area contributed by atoms with Crippen LogP contribution in [0.15, 0.2) is 49.1 Å². The molecule has 1 amide bonds. The molecule has 0 bridgehead atoms. The van der Waals surface area contributed by atoms with E-state index >= 15 is 0 Å². The Morgan fingerprint density at radius 3 is 2.62 bits per heavy atom. The second-order valence-electron chi connectivity index (χ2n) is 10.7. The number of carbonyl (C=O) groups is 1. The molecule has 0 radical (unpaired) electrons. The monoisotopic (exact) mass is 524 g/mol. The van der Waals surface area contributed by atoms with Crippen molar-refractivity contribution in [3.05, 3.63) is 54.7 Å². The first-order chi connectivity index (χ1) is 19.1. The zero-order valence-corrected chi connectivity index (χ0v) is 22.2. The molecule has 1 aliphatic carbocycles. The van der Waals surface area contributed by atoms with Crippen molar-refractivity contribution in [2.45, 2.75) is 38.3 Å². The summed E-state index contributed by atoms with van der Waals surface area (Å²) in [4.78, 5) is 23.9. The lowest BCUT2D eigenvalue weighted by Gasteiger charge is -2.32. The molecule has 3 aromatic heterocycles. The molecule has 2 aliphatic heterocycles. The van der Waals surface area contributed by atoms with Gasteiger partial charge in [0.05, 0.1) is 47.1 Å². The molecular formula is C29H32N8O2. The van der Waals surface area contributed by atoms with Gasteiger partial charge in [-0.05, 0) is 31.7 Å². The second kappa shape index (κ2) is 9.53. The zero-order chi connectivity index (χ0) is 26.5. The summed E-state index contributed by atoms with van der Waals surface area (Å²) in [5.74, 6) is 1.46. The molecule has 2 N–H and O–H groups in total. The third kappa shape index (κ3) is 4.34. The quantitative estimate of drug-likeness (QED) is 0.376. The summed E-state index contributed by atoms with van der Waals surface area (Å²) in [7, 11) is 4.09. The molecule has 1 saturated carbocycles. The van der Waals surface area contributed by atoms with E-state index in [0.717, 1.165) is 79.5 Å². The number of amides is 1. The number of hydrogen-bond acceptors (Lipinski definition) is 7. The summed E-state index contributed by atoms with van der Waals surface area (Å²) in [5, 5.41) is 11.5. The van der Waals surface area contributed by atoms with Crippen LogP contribution in [0.5, 0.6) is 0 Å². The van der Waals surface area contributed by atoms with E-state index in [1.165, 1.54) is 11.3 Å². The molecule has 1 saturated heterocycles. The number of nitrogens with zero attached hydrogens (tertiary/aromatic N) is 6. The number of carbonyl (C=O) groups excluding carboxylic acids is 1. The highest BCUT2D eigenvalue weighted by Crippen LogP contribution is 2.45. The van der Waals surface area contributed by atoms with Gasteiger partial charge < -0.3 is 24.8 Å². The molecule has 10 heteroatoms. The minimum absolute atomic E-state index is 0.0316. The molecular weight excluding hydrogens is 492 g/mol.